The number of carbonyl (C=O) groups is 2. The number of benzene rings is 2. The van der Waals surface area contributed by atoms with Gasteiger partial charge >= 0.3 is 5.00 Å². The lowest BCUT2D eigenvalue weighted by molar-refractivity contribution is -0.380. The molecule has 3 rings (SSSR count). The molecule has 0 aliphatic carbocycles. The van der Waals surface area contributed by atoms with E-state index in [4.69, 9.17) is 11.6 Å². The topological polar surface area (TPSA) is 114 Å². The van der Waals surface area contributed by atoms with Gasteiger partial charge in [-0.1, -0.05) is 29.0 Å². The van der Waals surface area contributed by atoms with Crippen LogP contribution >= 0.6 is 22.9 Å². The highest BCUT2D eigenvalue weighted by Gasteiger charge is 2.10. The minimum absolute atomic E-state index is 0.00631. The van der Waals surface area contributed by atoms with Gasteiger partial charge in [0.2, 0.25) is 0 Å². The molecule has 0 fully saturated rings. The van der Waals surface area contributed by atoms with Gasteiger partial charge in [-0.05, 0) is 48.5 Å². The number of nitrogens with zero attached hydrogens (tertiary/aromatic N) is 2. The van der Waals surface area contributed by atoms with Crippen molar-refractivity contribution in [1.29, 1.82) is 0 Å². The van der Waals surface area contributed by atoms with Crippen LogP contribution in [0.3, 0.4) is 0 Å². The Kier molecular flexibility index (Phi) is 6.32. The van der Waals surface area contributed by atoms with Gasteiger partial charge in [0.15, 0.2) is 0 Å². The quantitative estimate of drug-likeness (QED) is 0.345. The van der Waals surface area contributed by atoms with Gasteiger partial charge < -0.3 is 5.32 Å². The first-order valence-corrected chi connectivity index (χ1v) is 9.36. The maximum atomic E-state index is 12.2. The van der Waals surface area contributed by atoms with Crippen molar-refractivity contribution >= 4 is 51.7 Å². The molecule has 0 aliphatic rings. The van der Waals surface area contributed by atoms with Crippen molar-refractivity contribution in [3.05, 3.63) is 91.8 Å². The molecule has 146 valence electrons. The minimum Gasteiger partial charge on any atom is -0.322 e. The molecule has 1 aromatic heterocycles. The number of nitrogens with one attached hydrogen (secondary N) is 2. The van der Waals surface area contributed by atoms with Gasteiger partial charge in [-0.15, -0.1) is 0 Å². The third-order valence-corrected chi connectivity index (χ3v) is 4.85. The number of thiophene rings is 1. The zero-order chi connectivity index (χ0) is 20.8. The summed E-state index contributed by atoms with van der Waals surface area (Å²) in [6, 6.07) is 15.7. The number of hydrazone groups is 1. The van der Waals surface area contributed by atoms with Gasteiger partial charge in [-0.2, -0.15) is 5.10 Å². The van der Waals surface area contributed by atoms with Crippen molar-refractivity contribution in [2.75, 3.05) is 5.32 Å². The molecule has 0 radical (unpaired) electrons. The van der Waals surface area contributed by atoms with Crippen LogP contribution in [0.5, 0.6) is 0 Å². The Bertz CT molecular complexity index is 1100. The normalized spacial score (nSPS) is 10.7. The average Bonchev–Trinajstić information content (AvgIpc) is 3.18. The molecule has 29 heavy (non-hydrogen) atoms. The Morgan fingerprint density at radius 3 is 2.45 bits per heavy atom. The summed E-state index contributed by atoms with van der Waals surface area (Å²) < 4.78 is 0. The smallest absolute Gasteiger partial charge is 0.322 e. The number of hydrogen-bond acceptors (Lipinski definition) is 6. The number of anilines is 1. The van der Waals surface area contributed by atoms with Gasteiger partial charge in [0.05, 0.1) is 16.0 Å². The molecule has 10 heteroatoms. The standard InChI is InChI=1S/C19H13ClN4O4S/c20-14-3-1-2-13(10-14)18(25)22-15-6-4-12(5-7-15)19(26)23-21-11-16-8-9-17(29-16)24(27)28/h1-11H,(H,22,25)(H,23,26)/b21-11-. The van der Waals surface area contributed by atoms with Crippen LogP contribution in [-0.4, -0.2) is 23.0 Å². The number of rotatable bonds is 6. The Labute approximate surface area is 174 Å². The van der Waals surface area contributed by atoms with Gasteiger partial charge in [0.25, 0.3) is 11.8 Å². The molecule has 0 bridgehead atoms. The zero-order valence-corrected chi connectivity index (χ0v) is 16.2. The van der Waals surface area contributed by atoms with Gasteiger partial charge in [-0.3, -0.25) is 19.7 Å². The monoisotopic (exact) mass is 428 g/mol. The fraction of sp³-hybridized carbons (Fsp3) is 0. The highest BCUT2D eigenvalue weighted by Crippen LogP contribution is 2.22. The van der Waals surface area contributed by atoms with Gasteiger partial charge in [-0.25, -0.2) is 5.43 Å². The van der Waals surface area contributed by atoms with E-state index in [1.165, 1.54) is 30.5 Å². The van der Waals surface area contributed by atoms with Crippen LogP contribution in [0.4, 0.5) is 10.7 Å². The van der Waals surface area contributed by atoms with E-state index in [1.807, 2.05) is 0 Å². The summed E-state index contributed by atoms with van der Waals surface area (Å²) in [5, 5.41) is 17.6. The molecular weight excluding hydrogens is 416 g/mol. The fourth-order valence-electron chi connectivity index (χ4n) is 2.27. The highest BCUT2D eigenvalue weighted by molar-refractivity contribution is 7.16. The molecule has 2 N–H and O–H groups in total. The van der Waals surface area contributed by atoms with Crippen LogP contribution in [0.25, 0.3) is 0 Å². The predicted molar refractivity (Wildman–Crippen MR) is 112 cm³/mol. The van der Waals surface area contributed by atoms with Crippen LogP contribution in [0, 0.1) is 10.1 Å². The van der Waals surface area contributed by atoms with E-state index in [-0.39, 0.29) is 10.9 Å². The molecule has 0 saturated heterocycles. The summed E-state index contributed by atoms with van der Waals surface area (Å²) in [5.74, 6) is -0.778. The number of carbonyl (C=O) groups excluding carboxylic acids is 2. The fourth-order valence-corrected chi connectivity index (χ4v) is 3.15. The van der Waals surface area contributed by atoms with E-state index < -0.39 is 10.8 Å². The minimum atomic E-state index is -0.493. The Hall–Kier alpha value is -3.56. The first-order chi connectivity index (χ1) is 13.9. The highest BCUT2D eigenvalue weighted by atomic mass is 35.5. The van der Waals surface area contributed by atoms with Gasteiger partial charge in [0.1, 0.15) is 0 Å². The largest absolute Gasteiger partial charge is 0.324 e. The second kappa shape index (κ2) is 9.09. The summed E-state index contributed by atoms with van der Waals surface area (Å²) in [5.41, 5.74) is 3.61. The Morgan fingerprint density at radius 2 is 1.79 bits per heavy atom. The average molecular weight is 429 g/mol. The van der Waals surface area contributed by atoms with Crippen LogP contribution in [-0.2, 0) is 0 Å². The molecule has 3 aromatic rings. The third-order valence-electron chi connectivity index (χ3n) is 3.64. The lowest BCUT2D eigenvalue weighted by atomic mass is 10.1. The molecule has 0 spiro atoms. The molecule has 0 aliphatic heterocycles. The van der Waals surface area contributed by atoms with E-state index in [2.05, 4.69) is 15.8 Å². The van der Waals surface area contributed by atoms with Crippen LogP contribution < -0.4 is 10.7 Å². The van der Waals surface area contributed by atoms with E-state index >= 15 is 0 Å². The van der Waals surface area contributed by atoms with Crippen LogP contribution in [0.1, 0.15) is 25.6 Å². The lowest BCUT2D eigenvalue weighted by Crippen LogP contribution is -2.17. The summed E-state index contributed by atoms with van der Waals surface area (Å²) in [6.45, 7) is 0. The summed E-state index contributed by atoms with van der Waals surface area (Å²) in [6.07, 6.45) is 1.33. The summed E-state index contributed by atoms with van der Waals surface area (Å²) in [4.78, 5) is 35.0. The number of hydrogen-bond donors (Lipinski definition) is 2. The van der Waals surface area contributed by atoms with Gasteiger partial charge in [0, 0.05) is 27.9 Å². The molecule has 2 aromatic carbocycles. The van der Waals surface area contributed by atoms with E-state index in [9.17, 15) is 19.7 Å². The molecule has 1 heterocycles. The second-order valence-electron chi connectivity index (χ2n) is 5.67. The van der Waals surface area contributed by atoms with Crippen LogP contribution in [0.15, 0.2) is 65.8 Å². The third kappa shape index (κ3) is 5.47. The van der Waals surface area contributed by atoms with E-state index in [1.54, 1.807) is 36.4 Å². The van der Waals surface area contributed by atoms with Crippen molar-refractivity contribution < 1.29 is 14.5 Å². The molecule has 8 nitrogen and oxygen atoms in total. The second-order valence-corrected chi connectivity index (χ2v) is 7.20. The zero-order valence-electron chi connectivity index (χ0n) is 14.7. The Balaban J connectivity index is 1.57. The van der Waals surface area contributed by atoms with Crippen molar-refractivity contribution in [3.63, 3.8) is 0 Å². The van der Waals surface area contributed by atoms with E-state index in [0.717, 1.165) is 11.3 Å². The lowest BCUT2D eigenvalue weighted by Gasteiger charge is -2.06. The SMILES string of the molecule is O=C(N/N=C\c1ccc([N+](=O)[O-])s1)c1ccc(NC(=O)c2cccc(Cl)c2)cc1. The maximum absolute atomic E-state index is 12.2. The van der Waals surface area contributed by atoms with Crippen molar-refractivity contribution in [2.24, 2.45) is 5.10 Å². The van der Waals surface area contributed by atoms with Crippen molar-refractivity contribution in [1.82, 2.24) is 5.43 Å². The maximum Gasteiger partial charge on any atom is 0.324 e. The molecular formula is C19H13ClN4O4S. The summed E-state index contributed by atoms with van der Waals surface area (Å²) in [7, 11) is 0. The van der Waals surface area contributed by atoms with E-state index in [0.29, 0.717) is 26.7 Å². The summed E-state index contributed by atoms with van der Waals surface area (Å²) >= 11 is 6.83. The first-order valence-electron chi connectivity index (χ1n) is 8.17. The molecule has 2 amide bonds. The molecule has 0 saturated carbocycles. The van der Waals surface area contributed by atoms with Crippen molar-refractivity contribution in [3.8, 4) is 0 Å². The van der Waals surface area contributed by atoms with Crippen molar-refractivity contribution in [2.45, 2.75) is 0 Å². The number of amides is 2. The number of nitro groups is 1. The predicted octanol–water partition coefficient (Wildman–Crippen LogP) is 4.33. The first kappa shape index (κ1) is 20.2. The van der Waals surface area contributed by atoms with Crippen LogP contribution in [0.2, 0.25) is 5.02 Å². The molecule has 0 atom stereocenters. The Morgan fingerprint density at radius 1 is 1.03 bits per heavy atom. The molecule has 0 unspecified atom stereocenters. The number of halogens is 1.